The second kappa shape index (κ2) is 5.63. The first-order valence-electron chi connectivity index (χ1n) is 6.69. The fourth-order valence-electron chi connectivity index (χ4n) is 2.11. The minimum absolute atomic E-state index is 0.311. The summed E-state index contributed by atoms with van der Waals surface area (Å²) in [6, 6.07) is 9.88. The molecule has 0 aliphatic rings. The van der Waals surface area contributed by atoms with Gasteiger partial charge >= 0.3 is 0 Å². The topological polar surface area (TPSA) is 48.2 Å². The van der Waals surface area contributed by atoms with Crippen molar-refractivity contribution in [1.82, 2.24) is 10.1 Å². The van der Waals surface area contributed by atoms with Crippen molar-refractivity contribution >= 4 is 33.5 Å². The molecule has 0 atom stereocenters. The number of ether oxygens (including phenoxy) is 1. The van der Waals surface area contributed by atoms with Crippen molar-refractivity contribution in [3.05, 3.63) is 39.7 Å². The SMILES string of the molecule is COc1ccc2c(I)cc(-c3cc(C(C)C)on3)nc2c1. The van der Waals surface area contributed by atoms with Gasteiger partial charge in [0.2, 0.25) is 0 Å². The van der Waals surface area contributed by atoms with Gasteiger partial charge in [-0.1, -0.05) is 19.0 Å². The van der Waals surface area contributed by atoms with Crippen LogP contribution in [0.2, 0.25) is 0 Å². The molecule has 0 saturated heterocycles. The number of aromatic nitrogens is 2. The molecule has 0 bridgehead atoms. The van der Waals surface area contributed by atoms with Gasteiger partial charge in [0.05, 0.1) is 18.3 Å². The van der Waals surface area contributed by atoms with E-state index in [0.29, 0.717) is 5.92 Å². The predicted molar refractivity (Wildman–Crippen MR) is 90.6 cm³/mol. The predicted octanol–water partition coefficient (Wildman–Crippen LogP) is 4.63. The summed E-state index contributed by atoms with van der Waals surface area (Å²) in [4.78, 5) is 4.68. The Labute approximate surface area is 136 Å². The fourth-order valence-corrected chi connectivity index (χ4v) is 2.86. The Morgan fingerprint density at radius 1 is 1.14 bits per heavy atom. The van der Waals surface area contributed by atoms with Crippen LogP contribution in [0, 0.1) is 3.57 Å². The zero-order chi connectivity index (χ0) is 15.0. The molecule has 1 aromatic carbocycles. The van der Waals surface area contributed by atoms with Gasteiger partial charge in [-0.15, -0.1) is 0 Å². The van der Waals surface area contributed by atoms with Crippen LogP contribution in [0.3, 0.4) is 0 Å². The number of benzene rings is 1. The summed E-state index contributed by atoms with van der Waals surface area (Å²) < 4.78 is 11.8. The Bertz CT molecular complexity index is 796. The van der Waals surface area contributed by atoms with E-state index in [1.54, 1.807) is 7.11 Å². The van der Waals surface area contributed by atoms with Crippen LogP contribution in [0.4, 0.5) is 0 Å². The van der Waals surface area contributed by atoms with Crippen LogP contribution < -0.4 is 4.74 Å². The largest absolute Gasteiger partial charge is 0.497 e. The van der Waals surface area contributed by atoms with Gasteiger partial charge in [-0.2, -0.15) is 0 Å². The van der Waals surface area contributed by atoms with Crippen molar-refractivity contribution in [2.75, 3.05) is 7.11 Å². The quantitative estimate of drug-likeness (QED) is 0.608. The van der Waals surface area contributed by atoms with Gasteiger partial charge in [0.25, 0.3) is 0 Å². The molecular formula is C16H15IN2O2. The maximum absolute atomic E-state index is 5.36. The van der Waals surface area contributed by atoms with Crippen LogP contribution in [0.1, 0.15) is 25.5 Å². The molecule has 0 fully saturated rings. The Morgan fingerprint density at radius 3 is 2.62 bits per heavy atom. The van der Waals surface area contributed by atoms with Gasteiger partial charge in [-0.05, 0) is 40.8 Å². The lowest BCUT2D eigenvalue weighted by atomic mass is 10.1. The monoisotopic (exact) mass is 394 g/mol. The van der Waals surface area contributed by atoms with E-state index in [4.69, 9.17) is 9.26 Å². The van der Waals surface area contributed by atoms with E-state index in [9.17, 15) is 0 Å². The third-order valence-electron chi connectivity index (χ3n) is 3.33. The van der Waals surface area contributed by atoms with Crippen LogP contribution in [-0.4, -0.2) is 17.3 Å². The molecule has 0 amide bonds. The molecular weight excluding hydrogens is 379 g/mol. The zero-order valence-electron chi connectivity index (χ0n) is 12.1. The molecule has 0 spiro atoms. The number of fused-ring (bicyclic) bond motifs is 1. The van der Waals surface area contributed by atoms with E-state index in [1.165, 1.54) is 0 Å². The Balaban J connectivity index is 2.13. The van der Waals surface area contributed by atoms with Crippen LogP contribution in [0.25, 0.3) is 22.3 Å². The van der Waals surface area contributed by atoms with Crippen molar-refractivity contribution in [2.45, 2.75) is 19.8 Å². The Kier molecular flexibility index (Phi) is 3.84. The average molecular weight is 394 g/mol. The standard InChI is InChI=1S/C16H15IN2O2/c1-9(2)16-8-15(19-21-16)14-7-12(17)11-5-4-10(20-3)6-13(11)18-14/h4-9H,1-3H3. The molecule has 5 heteroatoms. The highest BCUT2D eigenvalue weighted by molar-refractivity contribution is 14.1. The molecule has 0 aliphatic carbocycles. The first-order chi connectivity index (χ1) is 10.1. The summed E-state index contributed by atoms with van der Waals surface area (Å²) in [5.74, 6) is 1.98. The van der Waals surface area contributed by atoms with E-state index in [0.717, 1.165) is 37.4 Å². The number of methoxy groups -OCH3 is 1. The zero-order valence-corrected chi connectivity index (χ0v) is 14.2. The number of nitrogens with zero attached hydrogens (tertiary/aromatic N) is 2. The Morgan fingerprint density at radius 2 is 1.95 bits per heavy atom. The van der Waals surface area contributed by atoms with Gasteiger partial charge in [-0.3, -0.25) is 0 Å². The van der Waals surface area contributed by atoms with Crippen LogP contribution in [0.15, 0.2) is 34.9 Å². The molecule has 0 N–H and O–H groups in total. The normalized spacial score (nSPS) is 11.3. The van der Waals surface area contributed by atoms with Gasteiger partial charge in [0.1, 0.15) is 17.2 Å². The van der Waals surface area contributed by atoms with Crippen LogP contribution in [-0.2, 0) is 0 Å². The molecule has 0 saturated carbocycles. The smallest absolute Gasteiger partial charge is 0.139 e. The molecule has 0 radical (unpaired) electrons. The van der Waals surface area contributed by atoms with Crippen molar-refractivity contribution < 1.29 is 9.26 Å². The molecule has 3 aromatic rings. The number of hydrogen-bond donors (Lipinski definition) is 0. The summed E-state index contributed by atoms with van der Waals surface area (Å²) in [5.41, 5.74) is 2.47. The average Bonchev–Trinajstić information content (AvgIpc) is 2.96. The highest BCUT2D eigenvalue weighted by atomic mass is 127. The highest BCUT2D eigenvalue weighted by Gasteiger charge is 2.13. The Hall–Kier alpha value is -1.63. The maximum atomic E-state index is 5.36. The first-order valence-corrected chi connectivity index (χ1v) is 7.77. The summed E-state index contributed by atoms with van der Waals surface area (Å²) in [6.45, 7) is 4.15. The number of halogens is 1. The second-order valence-electron chi connectivity index (χ2n) is 5.14. The molecule has 4 nitrogen and oxygen atoms in total. The minimum atomic E-state index is 0.311. The summed E-state index contributed by atoms with van der Waals surface area (Å²) >= 11 is 2.32. The van der Waals surface area contributed by atoms with Crippen molar-refractivity contribution in [1.29, 1.82) is 0 Å². The fraction of sp³-hybridized carbons (Fsp3) is 0.250. The molecule has 21 heavy (non-hydrogen) atoms. The van der Waals surface area contributed by atoms with E-state index in [-0.39, 0.29) is 0 Å². The molecule has 3 rings (SSSR count). The number of pyridine rings is 1. The number of rotatable bonds is 3. The van der Waals surface area contributed by atoms with Gasteiger partial charge in [-0.25, -0.2) is 4.98 Å². The van der Waals surface area contributed by atoms with Crippen molar-refractivity contribution in [3.63, 3.8) is 0 Å². The lowest BCUT2D eigenvalue weighted by Gasteiger charge is -2.05. The molecule has 0 aliphatic heterocycles. The van der Waals surface area contributed by atoms with Gasteiger partial charge in [0, 0.05) is 27.0 Å². The van der Waals surface area contributed by atoms with Crippen LogP contribution in [0.5, 0.6) is 5.75 Å². The van der Waals surface area contributed by atoms with Crippen molar-refractivity contribution in [3.8, 4) is 17.1 Å². The van der Waals surface area contributed by atoms with Crippen molar-refractivity contribution in [2.24, 2.45) is 0 Å². The van der Waals surface area contributed by atoms with E-state index < -0.39 is 0 Å². The molecule has 0 unspecified atom stereocenters. The third-order valence-corrected chi connectivity index (χ3v) is 4.22. The molecule has 2 aromatic heterocycles. The lowest BCUT2D eigenvalue weighted by molar-refractivity contribution is 0.373. The van der Waals surface area contributed by atoms with E-state index in [1.807, 2.05) is 30.3 Å². The summed E-state index contributed by atoms with van der Waals surface area (Å²) in [5, 5.41) is 5.23. The van der Waals surface area contributed by atoms with E-state index in [2.05, 4.69) is 46.6 Å². The molecule has 108 valence electrons. The third kappa shape index (κ3) is 2.74. The minimum Gasteiger partial charge on any atom is -0.497 e. The van der Waals surface area contributed by atoms with Crippen LogP contribution >= 0.6 is 22.6 Å². The second-order valence-corrected chi connectivity index (χ2v) is 6.30. The molecule has 2 heterocycles. The first kappa shape index (κ1) is 14.3. The van der Waals surface area contributed by atoms with Gasteiger partial charge in [0.15, 0.2) is 0 Å². The lowest BCUT2D eigenvalue weighted by Crippen LogP contribution is -1.90. The van der Waals surface area contributed by atoms with Gasteiger partial charge < -0.3 is 9.26 Å². The highest BCUT2D eigenvalue weighted by Crippen LogP contribution is 2.29. The maximum Gasteiger partial charge on any atom is 0.139 e. The summed E-state index contributed by atoms with van der Waals surface area (Å²) in [7, 11) is 1.66. The van der Waals surface area contributed by atoms with E-state index >= 15 is 0 Å². The summed E-state index contributed by atoms with van der Waals surface area (Å²) in [6.07, 6.45) is 0. The number of hydrogen-bond acceptors (Lipinski definition) is 4.